The minimum absolute atomic E-state index is 0.285. The Morgan fingerprint density at radius 3 is 2.36 bits per heavy atom. The average molecular weight is 444 g/mol. The topological polar surface area (TPSA) is 64.6 Å². The van der Waals surface area contributed by atoms with E-state index in [1.54, 1.807) is 38.6 Å². The number of halogens is 2. The maximum absolute atomic E-state index is 12.6. The second kappa shape index (κ2) is 10.2. The Balaban J connectivity index is 1.87. The van der Waals surface area contributed by atoms with Crippen LogP contribution in [0.3, 0.4) is 0 Å². The van der Waals surface area contributed by atoms with Crippen molar-refractivity contribution in [1.29, 1.82) is 0 Å². The molecule has 0 bridgehead atoms. The first-order valence-electron chi connectivity index (χ1n) is 8.78. The predicted molar refractivity (Wildman–Crippen MR) is 112 cm³/mol. The number of allylic oxidation sites excluding steroid dienone is 2. The lowest BCUT2D eigenvalue weighted by atomic mass is 9.87. The fourth-order valence-corrected chi connectivity index (χ4v) is 4.26. The summed E-state index contributed by atoms with van der Waals surface area (Å²) < 4.78 is 10.3. The van der Waals surface area contributed by atoms with E-state index in [-0.39, 0.29) is 6.61 Å². The Hall–Kier alpha value is -1.63. The first-order valence-corrected chi connectivity index (χ1v) is 10.5. The van der Waals surface area contributed by atoms with Crippen LogP contribution in [0.25, 0.3) is 0 Å². The van der Waals surface area contributed by atoms with Gasteiger partial charge in [0, 0.05) is 28.0 Å². The summed E-state index contributed by atoms with van der Waals surface area (Å²) in [6.45, 7) is 5.67. The summed E-state index contributed by atoms with van der Waals surface area (Å²) in [5, 5.41) is 4.11. The molecule has 152 valence electrons. The molecule has 0 aliphatic carbocycles. The van der Waals surface area contributed by atoms with Crippen LogP contribution in [-0.4, -0.2) is 31.4 Å². The van der Waals surface area contributed by atoms with E-state index in [2.05, 4.69) is 5.32 Å². The summed E-state index contributed by atoms with van der Waals surface area (Å²) in [5.74, 6) is -0.505. The van der Waals surface area contributed by atoms with Crippen LogP contribution < -0.4 is 5.32 Å². The fourth-order valence-electron chi connectivity index (χ4n) is 3.04. The second-order valence-corrected chi connectivity index (χ2v) is 8.31. The molecule has 1 aromatic carbocycles. The standard InChI is InChI=1S/C20H23Cl2NO4S/c1-11-17(19(24)26-4)12(2)23-13(3)18(11)20(25)27-8-5-9-28-14-6-7-15(21)16(22)10-14/h6-7,10-11,23H,5,8-9H2,1-4H3. The monoisotopic (exact) mass is 443 g/mol. The van der Waals surface area contributed by atoms with Gasteiger partial charge in [-0.25, -0.2) is 9.59 Å². The van der Waals surface area contributed by atoms with Crippen molar-refractivity contribution in [2.45, 2.75) is 32.1 Å². The third kappa shape index (κ3) is 5.46. The van der Waals surface area contributed by atoms with Crippen LogP contribution in [0.2, 0.25) is 10.0 Å². The highest BCUT2D eigenvalue weighted by atomic mass is 35.5. The van der Waals surface area contributed by atoms with E-state index in [9.17, 15) is 9.59 Å². The number of dihydropyridines is 1. The molecule has 0 amide bonds. The van der Waals surface area contributed by atoms with Crippen LogP contribution in [0, 0.1) is 5.92 Å². The summed E-state index contributed by atoms with van der Waals surface area (Å²) in [6.07, 6.45) is 0.684. The van der Waals surface area contributed by atoms with Crippen molar-refractivity contribution in [3.8, 4) is 0 Å². The van der Waals surface area contributed by atoms with Crippen LogP contribution in [0.4, 0.5) is 0 Å². The number of ether oxygens (including phenoxy) is 2. The van der Waals surface area contributed by atoms with Gasteiger partial charge < -0.3 is 14.8 Å². The minimum Gasteiger partial charge on any atom is -0.466 e. The second-order valence-electron chi connectivity index (χ2n) is 6.33. The Kier molecular flexibility index (Phi) is 8.28. The molecule has 1 aliphatic heterocycles. The number of methoxy groups -OCH3 is 1. The molecule has 2 rings (SSSR count). The van der Waals surface area contributed by atoms with E-state index in [0.717, 1.165) is 10.6 Å². The molecule has 8 heteroatoms. The maximum Gasteiger partial charge on any atom is 0.336 e. The van der Waals surface area contributed by atoms with Crippen molar-refractivity contribution in [2.24, 2.45) is 5.92 Å². The van der Waals surface area contributed by atoms with Gasteiger partial charge in [0.05, 0.1) is 34.9 Å². The Morgan fingerprint density at radius 2 is 1.75 bits per heavy atom. The Bertz CT molecular complexity index is 835. The molecule has 1 aliphatic rings. The van der Waals surface area contributed by atoms with Gasteiger partial charge in [0.2, 0.25) is 0 Å². The van der Waals surface area contributed by atoms with Gasteiger partial charge in [-0.05, 0) is 38.5 Å². The molecular formula is C20H23Cl2NO4S. The zero-order valence-electron chi connectivity index (χ0n) is 16.2. The van der Waals surface area contributed by atoms with Gasteiger partial charge in [0.1, 0.15) is 0 Å². The number of rotatable bonds is 7. The quantitative estimate of drug-likeness (QED) is 0.364. The summed E-state index contributed by atoms with van der Waals surface area (Å²) in [6, 6.07) is 5.47. The number of carbonyl (C=O) groups excluding carboxylic acids is 2. The summed E-state index contributed by atoms with van der Waals surface area (Å²) in [7, 11) is 1.32. The predicted octanol–water partition coefficient (Wildman–Crippen LogP) is 4.98. The Labute approximate surface area is 179 Å². The lowest BCUT2D eigenvalue weighted by Crippen LogP contribution is -2.32. The van der Waals surface area contributed by atoms with Crippen LogP contribution >= 0.6 is 35.0 Å². The van der Waals surface area contributed by atoms with Gasteiger partial charge in [-0.15, -0.1) is 11.8 Å². The molecule has 28 heavy (non-hydrogen) atoms. The van der Waals surface area contributed by atoms with Gasteiger partial charge in [-0.2, -0.15) is 0 Å². The van der Waals surface area contributed by atoms with E-state index in [0.29, 0.717) is 39.0 Å². The van der Waals surface area contributed by atoms with Crippen LogP contribution in [-0.2, 0) is 19.1 Å². The van der Waals surface area contributed by atoms with Crippen molar-refractivity contribution >= 4 is 46.9 Å². The average Bonchev–Trinajstić information content (AvgIpc) is 2.63. The highest BCUT2D eigenvalue weighted by molar-refractivity contribution is 7.99. The summed E-state index contributed by atoms with van der Waals surface area (Å²) in [5.41, 5.74) is 2.26. The van der Waals surface area contributed by atoms with Crippen molar-refractivity contribution in [2.75, 3.05) is 19.5 Å². The molecule has 1 atom stereocenters. The number of esters is 2. The minimum atomic E-state index is -0.451. The number of hydrogen-bond donors (Lipinski definition) is 1. The molecule has 0 aromatic heterocycles. The molecule has 5 nitrogen and oxygen atoms in total. The number of hydrogen-bond acceptors (Lipinski definition) is 6. The first-order chi connectivity index (χ1) is 13.3. The molecule has 1 heterocycles. The van der Waals surface area contributed by atoms with Crippen molar-refractivity contribution in [3.05, 3.63) is 50.8 Å². The smallest absolute Gasteiger partial charge is 0.336 e. The van der Waals surface area contributed by atoms with E-state index < -0.39 is 17.9 Å². The molecule has 1 N–H and O–H groups in total. The van der Waals surface area contributed by atoms with Crippen molar-refractivity contribution in [3.63, 3.8) is 0 Å². The van der Waals surface area contributed by atoms with E-state index >= 15 is 0 Å². The van der Waals surface area contributed by atoms with E-state index in [1.165, 1.54) is 7.11 Å². The molecular weight excluding hydrogens is 421 g/mol. The molecule has 0 saturated carbocycles. The first kappa shape index (κ1) is 22.7. The van der Waals surface area contributed by atoms with Crippen LogP contribution in [0.15, 0.2) is 45.6 Å². The summed E-state index contributed by atoms with van der Waals surface area (Å²) in [4.78, 5) is 25.6. The van der Waals surface area contributed by atoms with Gasteiger partial charge in [0.25, 0.3) is 0 Å². The number of carbonyl (C=O) groups is 2. The van der Waals surface area contributed by atoms with Crippen LogP contribution in [0.5, 0.6) is 0 Å². The van der Waals surface area contributed by atoms with Crippen LogP contribution in [0.1, 0.15) is 27.2 Å². The number of nitrogens with one attached hydrogen (secondary N) is 1. The normalized spacial score (nSPS) is 16.7. The van der Waals surface area contributed by atoms with Gasteiger partial charge >= 0.3 is 11.9 Å². The van der Waals surface area contributed by atoms with E-state index in [4.69, 9.17) is 32.7 Å². The molecule has 1 aromatic rings. The lowest BCUT2D eigenvalue weighted by molar-refractivity contribution is -0.139. The van der Waals surface area contributed by atoms with E-state index in [1.807, 2.05) is 12.1 Å². The lowest BCUT2D eigenvalue weighted by Gasteiger charge is -2.27. The number of thioether (sulfide) groups is 1. The third-order valence-electron chi connectivity index (χ3n) is 4.36. The summed E-state index contributed by atoms with van der Waals surface area (Å²) >= 11 is 13.5. The Morgan fingerprint density at radius 1 is 1.11 bits per heavy atom. The van der Waals surface area contributed by atoms with Gasteiger partial charge in [-0.1, -0.05) is 30.1 Å². The SMILES string of the molecule is COC(=O)C1=C(C)NC(C)=C(C(=O)OCCCSc2ccc(Cl)c(Cl)c2)C1C. The van der Waals surface area contributed by atoms with Gasteiger partial charge in [-0.3, -0.25) is 0 Å². The molecule has 0 saturated heterocycles. The van der Waals surface area contributed by atoms with Crippen molar-refractivity contribution in [1.82, 2.24) is 5.32 Å². The zero-order chi connectivity index (χ0) is 20.8. The molecule has 0 spiro atoms. The van der Waals surface area contributed by atoms with Gasteiger partial charge in [0.15, 0.2) is 0 Å². The fraction of sp³-hybridized carbons (Fsp3) is 0.400. The van der Waals surface area contributed by atoms with Crippen molar-refractivity contribution < 1.29 is 19.1 Å². The largest absolute Gasteiger partial charge is 0.466 e. The molecule has 0 radical (unpaired) electrons. The third-order valence-corrected chi connectivity index (χ3v) is 6.17. The molecule has 1 unspecified atom stereocenters. The molecule has 0 fully saturated rings. The highest BCUT2D eigenvalue weighted by Crippen LogP contribution is 2.31. The number of benzene rings is 1. The maximum atomic E-state index is 12.6. The zero-order valence-corrected chi connectivity index (χ0v) is 18.6. The highest BCUT2D eigenvalue weighted by Gasteiger charge is 2.33.